The van der Waals surface area contributed by atoms with Gasteiger partial charge in [0.2, 0.25) is 0 Å². The summed E-state index contributed by atoms with van der Waals surface area (Å²) in [6.45, 7) is 12.0. The number of hydrogen-bond acceptors (Lipinski definition) is 6. The first-order valence-electron chi connectivity index (χ1n) is 7.16. The fourth-order valence-corrected chi connectivity index (χ4v) is 3.11. The zero-order valence-electron chi connectivity index (χ0n) is 14.1. The Balaban J connectivity index is 2.50. The fraction of sp³-hybridized carbons (Fsp3) is 0.714. The van der Waals surface area contributed by atoms with Gasteiger partial charge in [-0.15, -0.1) is 11.3 Å². The highest BCUT2D eigenvalue weighted by Crippen LogP contribution is 2.36. The van der Waals surface area contributed by atoms with Crippen LogP contribution in [0.25, 0.3) is 0 Å². The lowest BCUT2D eigenvalue weighted by atomic mass is 10.2. The van der Waals surface area contributed by atoms with Gasteiger partial charge in [-0.3, -0.25) is 0 Å². The predicted molar refractivity (Wildman–Crippen MR) is 91.5 cm³/mol. The van der Waals surface area contributed by atoms with E-state index in [-0.39, 0.29) is 16.8 Å². The van der Waals surface area contributed by atoms with Crippen LogP contribution in [0.15, 0.2) is 5.38 Å². The Morgan fingerprint density at radius 1 is 1.50 bits per heavy atom. The number of rotatable bonds is 8. The van der Waals surface area contributed by atoms with Crippen LogP contribution >= 0.6 is 11.3 Å². The molecule has 1 aromatic rings. The molecule has 0 aliphatic rings. The number of thiazole rings is 1. The average molecular weight is 347 g/mol. The van der Waals surface area contributed by atoms with Crippen molar-refractivity contribution in [1.82, 2.24) is 4.98 Å². The molecule has 22 heavy (non-hydrogen) atoms. The SMILES string of the molecule is COC(CNc1nc(C(=O)O)cs1)CO[Si](C)(C)C(C)(C)C. The molecule has 1 rings (SSSR count). The highest BCUT2D eigenvalue weighted by atomic mass is 32.1. The maximum absolute atomic E-state index is 10.8. The molecular weight excluding hydrogens is 320 g/mol. The molecule has 0 saturated heterocycles. The first kappa shape index (κ1) is 19.1. The molecule has 1 heterocycles. The van der Waals surface area contributed by atoms with Gasteiger partial charge in [-0.2, -0.15) is 0 Å². The minimum Gasteiger partial charge on any atom is -0.476 e. The molecule has 0 amide bonds. The van der Waals surface area contributed by atoms with Crippen LogP contribution in [0.1, 0.15) is 31.3 Å². The molecule has 126 valence electrons. The van der Waals surface area contributed by atoms with E-state index >= 15 is 0 Å². The fourth-order valence-electron chi connectivity index (χ4n) is 1.38. The molecule has 8 heteroatoms. The van der Waals surface area contributed by atoms with Gasteiger partial charge in [0.25, 0.3) is 0 Å². The molecule has 1 atom stereocenters. The van der Waals surface area contributed by atoms with Crippen molar-refractivity contribution in [3.63, 3.8) is 0 Å². The minimum absolute atomic E-state index is 0.0546. The van der Waals surface area contributed by atoms with Gasteiger partial charge in [0.05, 0.1) is 12.7 Å². The van der Waals surface area contributed by atoms with Gasteiger partial charge in [-0.05, 0) is 18.1 Å². The summed E-state index contributed by atoms with van der Waals surface area (Å²) in [7, 11) is -0.157. The van der Waals surface area contributed by atoms with Crippen molar-refractivity contribution in [3.8, 4) is 0 Å². The van der Waals surface area contributed by atoms with E-state index in [0.29, 0.717) is 18.3 Å². The van der Waals surface area contributed by atoms with Crippen molar-refractivity contribution < 1.29 is 19.1 Å². The van der Waals surface area contributed by atoms with E-state index in [2.05, 4.69) is 44.2 Å². The Labute approximate surface area is 137 Å². The van der Waals surface area contributed by atoms with Crippen molar-refractivity contribution in [1.29, 1.82) is 0 Å². The third kappa shape index (κ3) is 5.35. The second-order valence-corrected chi connectivity index (χ2v) is 12.3. The predicted octanol–water partition coefficient (Wildman–Crippen LogP) is 3.29. The summed E-state index contributed by atoms with van der Waals surface area (Å²) in [5, 5.41) is 14.2. The number of carboxylic acids is 1. The van der Waals surface area contributed by atoms with E-state index in [4.69, 9.17) is 14.3 Å². The van der Waals surface area contributed by atoms with Crippen LogP contribution in [0.5, 0.6) is 0 Å². The molecule has 0 spiro atoms. The lowest BCUT2D eigenvalue weighted by Gasteiger charge is -2.37. The summed E-state index contributed by atoms with van der Waals surface area (Å²) >= 11 is 1.27. The van der Waals surface area contributed by atoms with Gasteiger partial charge in [0.1, 0.15) is 0 Å². The minimum atomic E-state index is -1.80. The Kier molecular flexibility index (Phi) is 6.54. The Hall–Kier alpha value is -0.963. The highest BCUT2D eigenvalue weighted by molar-refractivity contribution is 7.13. The van der Waals surface area contributed by atoms with Gasteiger partial charge < -0.3 is 19.6 Å². The van der Waals surface area contributed by atoms with Crippen LogP contribution in [0, 0.1) is 0 Å². The quantitative estimate of drug-likeness (QED) is 0.703. The number of carbonyl (C=O) groups is 1. The largest absolute Gasteiger partial charge is 0.476 e. The number of ether oxygens (including phenoxy) is 1. The van der Waals surface area contributed by atoms with Crippen molar-refractivity contribution in [2.75, 3.05) is 25.6 Å². The van der Waals surface area contributed by atoms with Crippen molar-refractivity contribution in [2.24, 2.45) is 0 Å². The molecule has 0 radical (unpaired) electrons. The van der Waals surface area contributed by atoms with Gasteiger partial charge in [-0.25, -0.2) is 9.78 Å². The second-order valence-electron chi connectivity index (χ2n) is 6.65. The van der Waals surface area contributed by atoms with Crippen LogP contribution in [0.4, 0.5) is 5.13 Å². The van der Waals surface area contributed by atoms with Crippen molar-refractivity contribution in [2.45, 2.75) is 45.0 Å². The summed E-state index contributed by atoms with van der Waals surface area (Å²) < 4.78 is 11.6. The summed E-state index contributed by atoms with van der Waals surface area (Å²) in [4.78, 5) is 14.8. The van der Waals surface area contributed by atoms with Gasteiger partial charge in [0.15, 0.2) is 19.1 Å². The summed E-state index contributed by atoms with van der Waals surface area (Å²) in [6.07, 6.45) is -0.105. The Morgan fingerprint density at radius 2 is 2.14 bits per heavy atom. The zero-order valence-corrected chi connectivity index (χ0v) is 15.9. The number of carboxylic acid groups (broad SMARTS) is 1. The van der Waals surface area contributed by atoms with Crippen molar-refractivity contribution in [3.05, 3.63) is 11.1 Å². The van der Waals surface area contributed by atoms with E-state index < -0.39 is 14.3 Å². The van der Waals surface area contributed by atoms with E-state index in [1.165, 1.54) is 16.7 Å². The third-order valence-corrected chi connectivity index (χ3v) is 9.27. The molecule has 2 N–H and O–H groups in total. The van der Waals surface area contributed by atoms with E-state index in [1.807, 2.05) is 0 Å². The first-order valence-corrected chi connectivity index (χ1v) is 10.9. The Morgan fingerprint density at radius 3 is 2.59 bits per heavy atom. The maximum atomic E-state index is 10.8. The molecule has 1 aromatic heterocycles. The number of aromatic carboxylic acids is 1. The van der Waals surface area contributed by atoms with Gasteiger partial charge >= 0.3 is 5.97 Å². The molecule has 0 aliphatic heterocycles. The van der Waals surface area contributed by atoms with Crippen LogP contribution < -0.4 is 5.32 Å². The number of aromatic nitrogens is 1. The monoisotopic (exact) mass is 346 g/mol. The average Bonchev–Trinajstić information content (AvgIpc) is 2.86. The molecular formula is C14H26N2O4SSi. The summed E-state index contributed by atoms with van der Waals surface area (Å²) in [5.74, 6) is -1.02. The van der Waals surface area contributed by atoms with Crippen LogP contribution in [0.3, 0.4) is 0 Å². The normalized spacial score (nSPS) is 13.9. The van der Waals surface area contributed by atoms with Crippen LogP contribution in [-0.2, 0) is 9.16 Å². The molecule has 6 nitrogen and oxygen atoms in total. The second kappa shape index (κ2) is 7.54. The molecule has 0 aliphatic carbocycles. The van der Waals surface area contributed by atoms with E-state index in [1.54, 1.807) is 7.11 Å². The molecule has 0 aromatic carbocycles. The molecule has 0 bridgehead atoms. The van der Waals surface area contributed by atoms with Crippen molar-refractivity contribution >= 4 is 30.8 Å². The maximum Gasteiger partial charge on any atom is 0.355 e. The topological polar surface area (TPSA) is 80.7 Å². The highest BCUT2D eigenvalue weighted by Gasteiger charge is 2.37. The number of nitrogens with zero attached hydrogens (tertiary/aromatic N) is 1. The first-order chi connectivity index (χ1) is 10.1. The smallest absolute Gasteiger partial charge is 0.355 e. The number of nitrogens with one attached hydrogen (secondary N) is 1. The molecule has 1 unspecified atom stereocenters. The number of hydrogen-bond donors (Lipinski definition) is 2. The third-order valence-electron chi connectivity index (χ3n) is 3.97. The van der Waals surface area contributed by atoms with E-state index in [0.717, 1.165) is 0 Å². The summed E-state index contributed by atoms with van der Waals surface area (Å²) in [5.41, 5.74) is 0.0546. The van der Waals surface area contributed by atoms with Gasteiger partial charge in [-0.1, -0.05) is 20.8 Å². The molecule has 0 saturated carbocycles. The van der Waals surface area contributed by atoms with E-state index in [9.17, 15) is 4.79 Å². The Bertz CT molecular complexity index is 499. The lowest BCUT2D eigenvalue weighted by Crippen LogP contribution is -2.43. The van der Waals surface area contributed by atoms with Gasteiger partial charge in [0, 0.05) is 19.0 Å². The van der Waals surface area contributed by atoms with Crippen LogP contribution in [-0.4, -0.2) is 50.7 Å². The lowest BCUT2D eigenvalue weighted by molar-refractivity contribution is 0.0621. The zero-order chi connectivity index (χ0) is 17.0. The summed E-state index contributed by atoms with van der Waals surface area (Å²) in [6, 6.07) is 0. The molecule has 0 fully saturated rings. The number of methoxy groups -OCH3 is 1. The standard InChI is InChI=1S/C14H26N2O4SSi/c1-14(2,3)22(5,6)20-8-10(19-4)7-15-13-16-11(9-21-13)12(17)18/h9-10H,7-8H2,1-6H3,(H,15,16)(H,17,18). The van der Waals surface area contributed by atoms with Crippen LogP contribution in [0.2, 0.25) is 18.1 Å². The number of anilines is 1.